The van der Waals surface area contributed by atoms with E-state index in [0.717, 1.165) is 28.1 Å². The molecule has 1 amide bonds. The van der Waals surface area contributed by atoms with Gasteiger partial charge in [0.15, 0.2) is 5.96 Å². The van der Waals surface area contributed by atoms with Crippen LogP contribution >= 0.6 is 11.3 Å². The normalized spacial score (nSPS) is 17.8. The minimum absolute atomic E-state index is 0.0497. The van der Waals surface area contributed by atoms with Gasteiger partial charge in [0.25, 0.3) is 0 Å². The molecule has 6 nitrogen and oxygen atoms in total. The van der Waals surface area contributed by atoms with Crippen molar-refractivity contribution < 1.29 is 4.79 Å². The zero-order valence-electron chi connectivity index (χ0n) is 14.5. The maximum absolute atomic E-state index is 12.3. The monoisotopic (exact) mass is 357 g/mol. The van der Waals surface area contributed by atoms with E-state index in [1.807, 2.05) is 55.3 Å². The highest BCUT2D eigenvalue weighted by Gasteiger charge is 2.31. The van der Waals surface area contributed by atoms with E-state index in [4.69, 9.17) is 0 Å². The molecule has 2 aromatic rings. The number of benzene rings is 1. The van der Waals surface area contributed by atoms with Crippen LogP contribution in [0.2, 0.25) is 0 Å². The summed E-state index contributed by atoms with van der Waals surface area (Å²) in [5, 5.41) is 7.68. The van der Waals surface area contributed by atoms with Crippen molar-refractivity contribution in [1.29, 1.82) is 0 Å². The molecule has 1 atom stereocenters. The quantitative estimate of drug-likeness (QED) is 0.636. The third-order valence-corrected chi connectivity index (χ3v) is 4.84. The maximum Gasteiger partial charge on any atom is 0.229 e. The van der Waals surface area contributed by atoms with Gasteiger partial charge in [-0.15, -0.1) is 11.3 Å². The first kappa shape index (κ1) is 17.4. The number of aromatic nitrogens is 1. The molecule has 1 saturated heterocycles. The number of anilines is 1. The topological polar surface area (TPSA) is 69.6 Å². The van der Waals surface area contributed by atoms with E-state index in [0.29, 0.717) is 19.5 Å². The molecule has 132 valence electrons. The van der Waals surface area contributed by atoms with Gasteiger partial charge in [-0.3, -0.25) is 4.79 Å². The molecular formula is C18H23N5OS. The summed E-state index contributed by atoms with van der Waals surface area (Å²) < 4.78 is 0. The Balaban J connectivity index is 1.63. The van der Waals surface area contributed by atoms with Crippen molar-refractivity contribution in [2.24, 2.45) is 4.99 Å². The van der Waals surface area contributed by atoms with Crippen LogP contribution in [0, 0.1) is 6.92 Å². The number of amides is 1. The number of thiazole rings is 1. The summed E-state index contributed by atoms with van der Waals surface area (Å²) in [6.45, 7) is 6.03. The highest BCUT2D eigenvalue weighted by molar-refractivity contribution is 7.11. The lowest BCUT2D eigenvalue weighted by Crippen LogP contribution is -2.44. The molecule has 2 heterocycles. The van der Waals surface area contributed by atoms with E-state index in [1.54, 1.807) is 11.3 Å². The van der Waals surface area contributed by atoms with Crippen molar-refractivity contribution in [3.8, 4) is 0 Å². The zero-order valence-corrected chi connectivity index (χ0v) is 15.3. The first-order valence-electron chi connectivity index (χ1n) is 8.47. The summed E-state index contributed by atoms with van der Waals surface area (Å²) in [5.74, 6) is 0.874. The van der Waals surface area contributed by atoms with Crippen LogP contribution in [0.4, 0.5) is 5.69 Å². The molecule has 1 fully saturated rings. The Labute approximate surface area is 152 Å². The summed E-state index contributed by atoms with van der Waals surface area (Å²) in [5.41, 5.74) is 0.943. The molecule has 0 aliphatic carbocycles. The van der Waals surface area contributed by atoms with Gasteiger partial charge >= 0.3 is 0 Å². The largest absolute Gasteiger partial charge is 0.357 e. The SMILES string of the molecule is CCNC(=NCc1cnc(C)s1)NC1CC(=O)N(c2ccccc2)C1. The third kappa shape index (κ3) is 4.57. The molecule has 7 heteroatoms. The highest BCUT2D eigenvalue weighted by Crippen LogP contribution is 2.21. The second-order valence-electron chi connectivity index (χ2n) is 5.93. The van der Waals surface area contributed by atoms with Crippen LogP contribution in [0.3, 0.4) is 0 Å². The summed E-state index contributed by atoms with van der Waals surface area (Å²) >= 11 is 1.65. The van der Waals surface area contributed by atoms with E-state index < -0.39 is 0 Å². The molecule has 1 aliphatic heterocycles. The van der Waals surface area contributed by atoms with Crippen LogP contribution in [0.1, 0.15) is 23.2 Å². The molecule has 25 heavy (non-hydrogen) atoms. The lowest BCUT2D eigenvalue weighted by molar-refractivity contribution is -0.117. The average molecular weight is 357 g/mol. The third-order valence-electron chi connectivity index (χ3n) is 3.94. The number of rotatable bonds is 5. The number of hydrogen-bond donors (Lipinski definition) is 2. The smallest absolute Gasteiger partial charge is 0.229 e. The molecule has 2 N–H and O–H groups in total. The van der Waals surface area contributed by atoms with E-state index in [2.05, 4.69) is 20.6 Å². The number of para-hydroxylation sites is 1. The van der Waals surface area contributed by atoms with Crippen molar-refractivity contribution in [1.82, 2.24) is 15.6 Å². The number of aryl methyl sites for hydroxylation is 1. The molecule has 3 rings (SSSR count). The Kier molecular flexibility index (Phi) is 5.65. The maximum atomic E-state index is 12.3. The first-order chi connectivity index (χ1) is 12.2. The van der Waals surface area contributed by atoms with Crippen LogP contribution < -0.4 is 15.5 Å². The molecule has 1 aromatic carbocycles. The van der Waals surface area contributed by atoms with E-state index in [1.165, 1.54) is 0 Å². The predicted octanol–water partition coefficient (Wildman–Crippen LogP) is 2.31. The second-order valence-corrected chi connectivity index (χ2v) is 7.25. The van der Waals surface area contributed by atoms with Gasteiger partial charge in [-0.25, -0.2) is 9.98 Å². The zero-order chi connectivity index (χ0) is 17.6. The fourth-order valence-corrected chi connectivity index (χ4v) is 3.53. The molecule has 1 unspecified atom stereocenters. The second kappa shape index (κ2) is 8.11. The lowest BCUT2D eigenvalue weighted by atomic mass is 10.2. The molecule has 0 saturated carbocycles. The molecule has 1 aromatic heterocycles. The Morgan fingerprint density at radius 3 is 2.88 bits per heavy atom. The minimum Gasteiger partial charge on any atom is -0.357 e. The van der Waals surface area contributed by atoms with Gasteiger partial charge in [-0.05, 0) is 26.0 Å². The van der Waals surface area contributed by atoms with Gasteiger partial charge in [0.05, 0.1) is 17.6 Å². The summed E-state index contributed by atoms with van der Waals surface area (Å²) in [6.07, 6.45) is 2.34. The fourth-order valence-electron chi connectivity index (χ4n) is 2.81. The summed E-state index contributed by atoms with van der Waals surface area (Å²) in [7, 11) is 0. The number of carbonyl (C=O) groups excluding carboxylic acids is 1. The van der Waals surface area contributed by atoms with Crippen LogP contribution in [0.15, 0.2) is 41.5 Å². The Hall–Kier alpha value is -2.41. The fraction of sp³-hybridized carbons (Fsp3) is 0.389. The van der Waals surface area contributed by atoms with Crippen molar-refractivity contribution in [3.05, 3.63) is 46.4 Å². The number of hydrogen-bond acceptors (Lipinski definition) is 4. The van der Waals surface area contributed by atoms with E-state index in [9.17, 15) is 4.79 Å². The number of guanidine groups is 1. The highest BCUT2D eigenvalue weighted by atomic mass is 32.1. The van der Waals surface area contributed by atoms with Gasteiger partial charge in [0.2, 0.25) is 5.91 Å². The molecular weight excluding hydrogens is 334 g/mol. The van der Waals surface area contributed by atoms with Gasteiger partial charge in [0.1, 0.15) is 0 Å². The molecule has 0 radical (unpaired) electrons. The molecule has 1 aliphatic rings. The lowest BCUT2D eigenvalue weighted by Gasteiger charge is -2.18. The minimum atomic E-state index is 0.0497. The van der Waals surface area contributed by atoms with Gasteiger partial charge in [-0.2, -0.15) is 0 Å². The van der Waals surface area contributed by atoms with Crippen LogP contribution in [-0.4, -0.2) is 36.0 Å². The number of aliphatic imine (C=N–C) groups is 1. The van der Waals surface area contributed by atoms with Gasteiger partial charge in [-0.1, -0.05) is 18.2 Å². The van der Waals surface area contributed by atoms with Crippen molar-refractivity contribution in [2.75, 3.05) is 18.0 Å². The standard InChI is InChI=1S/C18H23N5OS/c1-3-19-18(21-11-16-10-20-13(2)25-16)22-14-9-17(24)23(12-14)15-7-5-4-6-8-15/h4-8,10,14H,3,9,11-12H2,1-2H3,(H2,19,21,22). The van der Waals surface area contributed by atoms with E-state index >= 15 is 0 Å². The number of nitrogens with zero attached hydrogens (tertiary/aromatic N) is 3. The average Bonchev–Trinajstić information content (AvgIpc) is 3.19. The molecule has 0 spiro atoms. The Morgan fingerprint density at radius 2 is 2.20 bits per heavy atom. The Morgan fingerprint density at radius 1 is 1.40 bits per heavy atom. The predicted molar refractivity (Wildman–Crippen MR) is 102 cm³/mol. The van der Waals surface area contributed by atoms with Crippen LogP contribution in [0.5, 0.6) is 0 Å². The van der Waals surface area contributed by atoms with Crippen molar-refractivity contribution in [3.63, 3.8) is 0 Å². The van der Waals surface area contributed by atoms with Crippen molar-refractivity contribution in [2.45, 2.75) is 32.9 Å². The molecule has 0 bridgehead atoms. The first-order valence-corrected chi connectivity index (χ1v) is 9.29. The van der Waals surface area contributed by atoms with Crippen LogP contribution in [-0.2, 0) is 11.3 Å². The van der Waals surface area contributed by atoms with Crippen molar-refractivity contribution >= 4 is 28.9 Å². The van der Waals surface area contributed by atoms with Gasteiger partial charge in [0, 0.05) is 36.3 Å². The number of carbonyl (C=O) groups is 1. The summed E-state index contributed by atoms with van der Waals surface area (Å²) in [4.78, 5) is 24.2. The Bertz CT molecular complexity index is 743. The van der Waals surface area contributed by atoms with Crippen LogP contribution in [0.25, 0.3) is 0 Å². The van der Waals surface area contributed by atoms with E-state index in [-0.39, 0.29) is 11.9 Å². The number of nitrogens with one attached hydrogen (secondary N) is 2. The van der Waals surface area contributed by atoms with Gasteiger partial charge < -0.3 is 15.5 Å². The summed E-state index contributed by atoms with van der Waals surface area (Å²) in [6, 6.07) is 9.83.